The SMILES string of the molecule is COc1ccc([N+](=O)[O-])cc1CN1CCC(CCN)CC1. The molecule has 0 bridgehead atoms. The molecule has 2 N–H and O–H groups in total. The minimum Gasteiger partial charge on any atom is -0.496 e. The van der Waals surface area contributed by atoms with Crippen LogP contribution in [0.5, 0.6) is 5.75 Å². The second-order valence-electron chi connectivity index (χ2n) is 5.55. The van der Waals surface area contributed by atoms with Gasteiger partial charge in [0.25, 0.3) is 5.69 Å². The number of methoxy groups -OCH3 is 1. The van der Waals surface area contributed by atoms with Crippen molar-refractivity contribution >= 4 is 5.69 Å². The maximum atomic E-state index is 10.9. The van der Waals surface area contributed by atoms with Crippen LogP contribution < -0.4 is 10.5 Å². The van der Waals surface area contributed by atoms with Gasteiger partial charge in [-0.3, -0.25) is 15.0 Å². The van der Waals surface area contributed by atoms with Crippen LogP contribution in [-0.4, -0.2) is 36.6 Å². The molecule has 1 saturated heterocycles. The molecule has 0 radical (unpaired) electrons. The minimum absolute atomic E-state index is 0.115. The number of hydrogen-bond acceptors (Lipinski definition) is 5. The monoisotopic (exact) mass is 293 g/mol. The number of nitro groups is 1. The molecular weight excluding hydrogens is 270 g/mol. The van der Waals surface area contributed by atoms with E-state index in [1.807, 2.05) is 0 Å². The predicted molar refractivity (Wildman–Crippen MR) is 81.3 cm³/mol. The second kappa shape index (κ2) is 7.38. The van der Waals surface area contributed by atoms with E-state index in [9.17, 15) is 10.1 Å². The zero-order valence-electron chi connectivity index (χ0n) is 12.5. The second-order valence-corrected chi connectivity index (χ2v) is 5.55. The van der Waals surface area contributed by atoms with E-state index in [4.69, 9.17) is 10.5 Å². The lowest BCUT2D eigenvalue weighted by atomic mass is 9.93. The van der Waals surface area contributed by atoms with Crippen LogP contribution in [0.3, 0.4) is 0 Å². The van der Waals surface area contributed by atoms with Gasteiger partial charge in [-0.15, -0.1) is 0 Å². The number of nitrogens with zero attached hydrogens (tertiary/aromatic N) is 2. The Balaban J connectivity index is 2.02. The van der Waals surface area contributed by atoms with E-state index in [2.05, 4.69) is 4.90 Å². The molecule has 21 heavy (non-hydrogen) atoms. The molecule has 0 amide bonds. The normalized spacial score (nSPS) is 16.9. The molecule has 2 rings (SSSR count). The lowest BCUT2D eigenvalue weighted by Crippen LogP contribution is -2.34. The number of likely N-dealkylation sites (tertiary alicyclic amines) is 1. The summed E-state index contributed by atoms with van der Waals surface area (Å²) in [6, 6.07) is 4.77. The summed E-state index contributed by atoms with van der Waals surface area (Å²) in [7, 11) is 1.60. The highest BCUT2D eigenvalue weighted by molar-refractivity contribution is 5.43. The van der Waals surface area contributed by atoms with Gasteiger partial charge in [-0.1, -0.05) is 0 Å². The standard InChI is InChI=1S/C15H23N3O3/c1-21-15-3-2-14(18(19)20)10-13(15)11-17-8-5-12(4-7-16)6-9-17/h2-3,10,12H,4-9,11,16H2,1H3. The number of rotatable bonds is 6. The third-order valence-electron chi connectivity index (χ3n) is 4.15. The highest BCUT2D eigenvalue weighted by atomic mass is 16.6. The van der Waals surface area contributed by atoms with Crippen molar-refractivity contribution in [2.24, 2.45) is 11.7 Å². The summed E-state index contributed by atoms with van der Waals surface area (Å²) in [4.78, 5) is 12.9. The molecule has 1 heterocycles. The lowest BCUT2D eigenvalue weighted by Gasteiger charge is -2.32. The van der Waals surface area contributed by atoms with E-state index in [1.165, 1.54) is 6.07 Å². The van der Waals surface area contributed by atoms with Gasteiger partial charge in [-0.05, 0) is 50.9 Å². The first-order valence-corrected chi connectivity index (χ1v) is 7.37. The van der Waals surface area contributed by atoms with Gasteiger partial charge in [0.1, 0.15) is 5.75 Å². The predicted octanol–water partition coefficient (Wildman–Crippen LogP) is 2.16. The van der Waals surface area contributed by atoms with Crippen LogP contribution in [0.4, 0.5) is 5.69 Å². The van der Waals surface area contributed by atoms with E-state index in [-0.39, 0.29) is 10.6 Å². The van der Waals surface area contributed by atoms with Crippen LogP contribution in [-0.2, 0) is 6.54 Å². The fourth-order valence-electron chi connectivity index (χ4n) is 2.91. The molecule has 0 saturated carbocycles. The number of ether oxygens (including phenoxy) is 1. The van der Waals surface area contributed by atoms with Gasteiger partial charge in [-0.2, -0.15) is 0 Å². The first kappa shape index (κ1) is 15.7. The summed E-state index contributed by atoms with van der Waals surface area (Å²) in [5.41, 5.74) is 6.60. The van der Waals surface area contributed by atoms with Gasteiger partial charge < -0.3 is 10.5 Å². The van der Waals surface area contributed by atoms with E-state index in [0.717, 1.165) is 50.4 Å². The smallest absolute Gasteiger partial charge is 0.270 e. The molecule has 0 aliphatic carbocycles. The summed E-state index contributed by atoms with van der Waals surface area (Å²) < 4.78 is 5.32. The first-order valence-electron chi connectivity index (χ1n) is 7.37. The minimum atomic E-state index is -0.365. The summed E-state index contributed by atoms with van der Waals surface area (Å²) in [5.74, 6) is 1.43. The molecule has 6 nitrogen and oxygen atoms in total. The third kappa shape index (κ3) is 4.15. The quantitative estimate of drug-likeness (QED) is 0.642. The van der Waals surface area contributed by atoms with E-state index in [0.29, 0.717) is 12.3 Å². The van der Waals surface area contributed by atoms with Gasteiger partial charge in [0.05, 0.1) is 12.0 Å². The average Bonchev–Trinajstić information content (AvgIpc) is 2.49. The average molecular weight is 293 g/mol. The van der Waals surface area contributed by atoms with Gasteiger partial charge >= 0.3 is 0 Å². The Morgan fingerprint density at radius 2 is 2.14 bits per heavy atom. The maximum Gasteiger partial charge on any atom is 0.270 e. The number of hydrogen-bond donors (Lipinski definition) is 1. The van der Waals surface area contributed by atoms with Gasteiger partial charge in [0.2, 0.25) is 0 Å². The van der Waals surface area contributed by atoms with Crippen molar-refractivity contribution in [3.05, 3.63) is 33.9 Å². The van der Waals surface area contributed by atoms with Crippen molar-refractivity contribution < 1.29 is 9.66 Å². The zero-order chi connectivity index (χ0) is 15.2. The number of non-ortho nitro benzene ring substituents is 1. The summed E-state index contributed by atoms with van der Waals surface area (Å²) in [6.45, 7) is 3.47. The molecule has 0 unspecified atom stereocenters. The molecular formula is C15H23N3O3. The molecule has 0 spiro atoms. The van der Waals surface area contributed by atoms with Crippen LogP contribution in [0.2, 0.25) is 0 Å². The summed E-state index contributed by atoms with van der Waals surface area (Å²) in [5, 5.41) is 10.9. The van der Waals surface area contributed by atoms with Crippen molar-refractivity contribution in [3.63, 3.8) is 0 Å². The van der Waals surface area contributed by atoms with E-state index < -0.39 is 0 Å². The Kier molecular flexibility index (Phi) is 5.52. The molecule has 1 aliphatic heterocycles. The van der Waals surface area contributed by atoms with Crippen LogP contribution in [0.1, 0.15) is 24.8 Å². The van der Waals surface area contributed by atoms with Crippen LogP contribution >= 0.6 is 0 Å². The van der Waals surface area contributed by atoms with Crippen LogP contribution in [0.25, 0.3) is 0 Å². The van der Waals surface area contributed by atoms with Crippen molar-refractivity contribution in [2.45, 2.75) is 25.8 Å². The summed E-state index contributed by atoms with van der Waals surface area (Å²) >= 11 is 0. The van der Waals surface area contributed by atoms with Crippen molar-refractivity contribution in [3.8, 4) is 5.75 Å². The van der Waals surface area contributed by atoms with E-state index >= 15 is 0 Å². The Bertz CT molecular complexity index is 485. The fraction of sp³-hybridized carbons (Fsp3) is 0.600. The fourth-order valence-corrected chi connectivity index (χ4v) is 2.91. The molecule has 6 heteroatoms. The number of nitrogens with two attached hydrogens (primary N) is 1. The largest absolute Gasteiger partial charge is 0.496 e. The Morgan fingerprint density at radius 3 is 2.71 bits per heavy atom. The third-order valence-corrected chi connectivity index (χ3v) is 4.15. The molecule has 0 aromatic heterocycles. The lowest BCUT2D eigenvalue weighted by molar-refractivity contribution is -0.385. The Hall–Kier alpha value is -1.66. The number of nitro benzene ring substituents is 1. The molecule has 1 aliphatic rings. The van der Waals surface area contributed by atoms with Crippen molar-refractivity contribution in [2.75, 3.05) is 26.7 Å². The zero-order valence-corrected chi connectivity index (χ0v) is 12.5. The highest BCUT2D eigenvalue weighted by Gasteiger charge is 2.20. The molecule has 1 aromatic rings. The van der Waals surface area contributed by atoms with E-state index in [1.54, 1.807) is 19.2 Å². The summed E-state index contributed by atoms with van der Waals surface area (Å²) in [6.07, 6.45) is 3.39. The van der Waals surface area contributed by atoms with Gasteiger partial charge in [0, 0.05) is 24.2 Å². The Morgan fingerprint density at radius 1 is 1.43 bits per heavy atom. The maximum absolute atomic E-state index is 10.9. The Labute approximate surface area is 125 Å². The topological polar surface area (TPSA) is 81.6 Å². The molecule has 0 atom stereocenters. The molecule has 1 fully saturated rings. The van der Waals surface area contributed by atoms with Gasteiger partial charge in [0.15, 0.2) is 0 Å². The van der Waals surface area contributed by atoms with Crippen LogP contribution in [0.15, 0.2) is 18.2 Å². The first-order chi connectivity index (χ1) is 10.1. The number of benzene rings is 1. The molecule has 1 aromatic carbocycles. The van der Waals surface area contributed by atoms with Crippen LogP contribution in [0, 0.1) is 16.0 Å². The molecule has 116 valence electrons. The van der Waals surface area contributed by atoms with Crippen molar-refractivity contribution in [1.29, 1.82) is 0 Å². The number of piperidine rings is 1. The highest BCUT2D eigenvalue weighted by Crippen LogP contribution is 2.27. The van der Waals surface area contributed by atoms with Gasteiger partial charge in [-0.25, -0.2) is 0 Å². The van der Waals surface area contributed by atoms with Crippen molar-refractivity contribution in [1.82, 2.24) is 4.90 Å².